The highest BCUT2D eigenvalue weighted by molar-refractivity contribution is 9.11. The van der Waals surface area contributed by atoms with E-state index in [-0.39, 0.29) is 6.04 Å². The third kappa shape index (κ3) is 3.45. The van der Waals surface area contributed by atoms with E-state index in [0.717, 1.165) is 23.8 Å². The number of nitrogens with zero attached hydrogens (tertiary/aromatic N) is 2. The molecule has 0 aliphatic carbocycles. The van der Waals surface area contributed by atoms with E-state index in [1.165, 1.54) is 14.2 Å². The van der Waals surface area contributed by atoms with Gasteiger partial charge in [-0.1, -0.05) is 30.3 Å². The summed E-state index contributed by atoms with van der Waals surface area (Å²) in [6, 6.07) is 12.5. The lowest BCUT2D eigenvalue weighted by Gasteiger charge is -2.15. The van der Waals surface area contributed by atoms with Crippen molar-refractivity contribution in [3.8, 4) is 0 Å². The summed E-state index contributed by atoms with van der Waals surface area (Å²) < 4.78 is 1.19. The maximum atomic E-state index is 4.49. The lowest BCUT2D eigenvalue weighted by molar-refractivity contribution is 0.581. The fourth-order valence-corrected chi connectivity index (χ4v) is 3.89. The van der Waals surface area contributed by atoms with E-state index in [4.69, 9.17) is 0 Å². The van der Waals surface area contributed by atoms with Crippen LogP contribution in [0.2, 0.25) is 0 Å². The topological polar surface area (TPSA) is 53.6 Å². The normalized spacial score (nSPS) is 12.5. The highest BCUT2D eigenvalue weighted by Crippen LogP contribution is 2.28. The minimum Gasteiger partial charge on any atom is -0.299 e. The van der Waals surface area contributed by atoms with Crippen LogP contribution in [0.1, 0.15) is 33.7 Å². The Kier molecular flexibility index (Phi) is 4.71. The Hall–Kier alpha value is -1.50. The van der Waals surface area contributed by atoms with Gasteiger partial charge in [0.15, 0.2) is 5.82 Å². The lowest BCUT2D eigenvalue weighted by atomic mass is 10.1. The van der Waals surface area contributed by atoms with Gasteiger partial charge in [-0.15, -0.1) is 11.3 Å². The number of nitrogens with one attached hydrogen (secondary N) is 2. The molecule has 3 rings (SSSR count). The largest absolute Gasteiger partial charge is 0.299 e. The van der Waals surface area contributed by atoms with Crippen LogP contribution in [0.15, 0.2) is 40.2 Å². The number of halogens is 1. The molecule has 114 valence electrons. The maximum Gasteiger partial charge on any atom is 0.172 e. The van der Waals surface area contributed by atoms with Gasteiger partial charge in [0.05, 0.1) is 9.83 Å². The van der Waals surface area contributed by atoms with Crippen molar-refractivity contribution in [2.45, 2.75) is 26.4 Å². The molecule has 0 saturated heterocycles. The molecule has 0 saturated carbocycles. The first-order valence-electron chi connectivity index (χ1n) is 7.05. The standard InChI is InChI=1S/C16H17BrN4S/c1-10-8-13(22-15(10)17)9-18-14(12-6-4-3-5-7-12)16-19-11(2)20-21-16/h3-8,14,18H,9H2,1-2H3,(H,19,20,21)/t14-/m1/s1. The summed E-state index contributed by atoms with van der Waals surface area (Å²) in [5, 5.41) is 10.8. The first-order chi connectivity index (χ1) is 10.6. The molecule has 2 heterocycles. The third-order valence-electron chi connectivity index (χ3n) is 3.39. The zero-order valence-electron chi connectivity index (χ0n) is 12.4. The molecule has 2 aromatic heterocycles. The van der Waals surface area contributed by atoms with Crippen LogP contribution in [0, 0.1) is 13.8 Å². The number of H-pyrrole nitrogens is 1. The second kappa shape index (κ2) is 6.73. The summed E-state index contributed by atoms with van der Waals surface area (Å²) in [6.07, 6.45) is 0. The van der Waals surface area contributed by atoms with Gasteiger partial charge in [-0.25, -0.2) is 4.98 Å². The molecule has 1 atom stereocenters. The third-order valence-corrected chi connectivity index (χ3v) is 5.53. The minimum atomic E-state index is -0.0210. The van der Waals surface area contributed by atoms with Gasteiger partial charge in [-0.05, 0) is 47.0 Å². The van der Waals surface area contributed by atoms with Crippen LogP contribution in [-0.4, -0.2) is 15.2 Å². The van der Waals surface area contributed by atoms with Crippen LogP contribution in [0.3, 0.4) is 0 Å². The predicted molar refractivity (Wildman–Crippen MR) is 93.0 cm³/mol. The van der Waals surface area contributed by atoms with Crippen molar-refractivity contribution in [1.82, 2.24) is 20.5 Å². The van der Waals surface area contributed by atoms with Crippen molar-refractivity contribution in [2.75, 3.05) is 0 Å². The maximum absolute atomic E-state index is 4.49. The zero-order valence-corrected chi connectivity index (χ0v) is 14.8. The van der Waals surface area contributed by atoms with Crippen LogP contribution in [0.5, 0.6) is 0 Å². The number of hydrogen-bond donors (Lipinski definition) is 2. The van der Waals surface area contributed by atoms with Gasteiger partial charge >= 0.3 is 0 Å². The van der Waals surface area contributed by atoms with E-state index in [9.17, 15) is 0 Å². The number of rotatable bonds is 5. The van der Waals surface area contributed by atoms with Crippen molar-refractivity contribution in [2.24, 2.45) is 0 Å². The van der Waals surface area contributed by atoms with Gasteiger partial charge in [-0.2, -0.15) is 5.10 Å². The molecule has 22 heavy (non-hydrogen) atoms. The molecule has 0 bridgehead atoms. The van der Waals surface area contributed by atoms with Crippen molar-refractivity contribution < 1.29 is 0 Å². The summed E-state index contributed by atoms with van der Waals surface area (Å²) in [5.74, 6) is 1.60. The van der Waals surface area contributed by atoms with Gasteiger partial charge in [0, 0.05) is 11.4 Å². The van der Waals surface area contributed by atoms with Crippen molar-refractivity contribution in [1.29, 1.82) is 0 Å². The Morgan fingerprint density at radius 1 is 1.27 bits per heavy atom. The lowest BCUT2D eigenvalue weighted by Crippen LogP contribution is -2.22. The SMILES string of the molecule is Cc1nc([C@H](NCc2cc(C)c(Br)s2)c2ccccc2)n[nH]1. The van der Waals surface area contributed by atoms with E-state index in [0.29, 0.717) is 0 Å². The number of hydrogen-bond acceptors (Lipinski definition) is 4. The van der Waals surface area contributed by atoms with E-state index in [2.05, 4.69) is 61.6 Å². The molecule has 1 aromatic carbocycles. The molecular weight excluding hydrogens is 360 g/mol. The number of thiophene rings is 1. The number of aromatic amines is 1. The van der Waals surface area contributed by atoms with Crippen molar-refractivity contribution in [3.05, 3.63) is 67.8 Å². The molecule has 0 aliphatic heterocycles. The average Bonchev–Trinajstić information content (AvgIpc) is 3.07. The summed E-state index contributed by atoms with van der Waals surface area (Å²) >= 11 is 5.33. The smallest absolute Gasteiger partial charge is 0.172 e. The molecule has 0 radical (unpaired) electrons. The molecule has 6 heteroatoms. The van der Waals surface area contributed by atoms with Gasteiger partial charge < -0.3 is 0 Å². The van der Waals surface area contributed by atoms with Crippen LogP contribution in [-0.2, 0) is 6.54 Å². The Bertz CT molecular complexity index is 731. The molecule has 4 nitrogen and oxygen atoms in total. The molecular formula is C16H17BrN4S. The van der Waals surface area contributed by atoms with E-state index in [1.807, 2.05) is 25.1 Å². The predicted octanol–water partition coefficient (Wildman–Crippen LogP) is 4.12. The van der Waals surface area contributed by atoms with E-state index in [1.54, 1.807) is 11.3 Å². The van der Waals surface area contributed by atoms with Crippen molar-refractivity contribution in [3.63, 3.8) is 0 Å². The molecule has 0 amide bonds. The average molecular weight is 377 g/mol. The van der Waals surface area contributed by atoms with Crippen LogP contribution < -0.4 is 5.32 Å². The molecule has 0 spiro atoms. The number of aromatic nitrogens is 3. The fourth-order valence-electron chi connectivity index (χ4n) is 2.31. The van der Waals surface area contributed by atoms with Crippen LogP contribution >= 0.6 is 27.3 Å². The van der Waals surface area contributed by atoms with Crippen LogP contribution in [0.4, 0.5) is 0 Å². The number of aryl methyl sites for hydroxylation is 2. The monoisotopic (exact) mass is 376 g/mol. The van der Waals surface area contributed by atoms with E-state index >= 15 is 0 Å². The molecule has 2 N–H and O–H groups in total. The number of benzene rings is 1. The highest BCUT2D eigenvalue weighted by Gasteiger charge is 2.18. The van der Waals surface area contributed by atoms with Gasteiger partial charge in [-0.3, -0.25) is 10.4 Å². The molecule has 3 aromatic rings. The Morgan fingerprint density at radius 3 is 2.64 bits per heavy atom. The van der Waals surface area contributed by atoms with Crippen molar-refractivity contribution >= 4 is 27.3 Å². The van der Waals surface area contributed by atoms with Gasteiger partial charge in [0.25, 0.3) is 0 Å². The van der Waals surface area contributed by atoms with Crippen LogP contribution in [0.25, 0.3) is 0 Å². The molecule has 0 unspecified atom stereocenters. The Balaban J connectivity index is 1.83. The fraction of sp³-hybridized carbons (Fsp3) is 0.250. The second-order valence-electron chi connectivity index (χ2n) is 5.17. The minimum absolute atomic E-state index is 0.0210. The summed E-state index contributed by atoms with van der Waals surface area (Å²) in [7, 11) is 0. The van der Waals surface area contributed by atoms with Gasteiger partial charge in [0.1, 0.15) is 5.82 Å². The van der Waals surface area contributed by atoms with Gasteiger partial charge in [0.2, 0.25) is 0 Å². The first kappa shape index (κ1) is 15.4. The summed E-state index contributed by atoms with van der Waals surface area (Å²) in [4.78, 5) is 5.78. The second-order valence-corrected chi connectivity index (χ2v) is 7.63. The molecule has 0 fully saturated rings. The highest BCUT2D eigenvalue weighted by atomic mass is 79.9. The summed E-state index contributed by atoms with van der Waals surface area (Å²) in [5.41, 5.74) is 2.43. The Morgan fingerprint density at radius 2 is 2.05 bits per heavy atom. The Labute approximate surface area is 142 Å². The zero-order chi connectivity index (χ0) is 15.5. The molecule has 0 aliphatic rings. The van der Waals surface area contributed by atoms with E-state index < -0.39 is 0 Å². The quantitative estimate of drug-likeness (QED) is 0.703. The summed E-state index contributed by atoms with van der Waals surface area (Å²) in [6.45, 7) is 4.81. The first-order valence-corrected chi connectivity index (χ1v) is 8.66.